The van der Waals surface area contributed by atoms with Gasteiger partial charge >= 0.3 is 0 Å². The van der Waals surface area contributed by atoms with Gasteiger partial charge in [-0.25, -0.2) is 0 Å². The molecule has 0 fully saturated rings. The summed E-state index contributed by atoms with van der Waals surface area (Å²) in [7, 11) is 0. The molecule has 0 bridgehead atoms. The van der Waals surface area contributed by atoms with Crippen molar-refractivity contribution < 1.29 is 57.1 Å². The van der Waals surface area contributed by atoms with E-state index in [1.54, 1.807) is 0 Å². The molecule has 4 heteroatoms. The molecule has 0 spiro atoms. The van der Waals surface area contributed by atoms with E-state index < -0.39 is 6.10 Å². The van der Waals surface area contributed by atoms with Crippen LogP contribution in [-0.2, 0) is 0 Å². The van der Waals surface area contributed by atoms with Crippen LogP contribution < -0.4 is 0 Å². The minimum atomic E-state index is -0.954. The first-order valence-corrected chi connectivity index (χ1v) is 1.71. The van der Waals surface area contributed by atoms with Crippen LogP contribution in [0.4, 0.5) is 0 Å². The van der Waals surface area contributed by atoms with Gasteiger partial charge in [0.05, 0.1) is 13.2 Å². The molecule has 0 rings (SSSR count). The number of hydrogen-bond acceptors (Lipinski definition) is 3. The molecule has 3 nitrogen and oxygen atoms in total. The van der Waals surface area contributed by atoms with Gasteiger partial charge in [-0.1, -0.05) is 0 Å². The van der Waals surface area contributed by atoms with Crippen molar-refractivity contribution >= 4 is 0 Å². The molecule has 0 aromatic rings. The Balaban J connectivity index is 0. The van der Waals surface area contributed by atoms with Gasteiger partial charge in [0.15, 0.2) is 0 Å². The molecular formula is C3H8CeO3. The SMILES string of the molecule is OCC(O)CO.[Ce]. The van der Waals surface area contributed by atoms with Crippen LogP contribution >= 0.6 is 0 Å². The molecule has 0 atom stereocenters. The van der Waals surface area contributed by atoms with Crippen LogP contribution in [0.15, 0.2) is 0 Å². The van der Waals surface area contributed by atoms with Gasteiger partial charge in [0, 0.05) is 41.7 Å². The zero-order chi connectivity index (χ0) is 4.99. The molecule has 0 aromatic heterocycles. The van der Waals surface area contributed by atoms with E-state index in [2.05, 4.69) is 0 Å². The molecule has 0 unspecified atom stereocenters. The quantitative estimate of drug-likeness (QED) is 0.533. The second kappa shape index (κ2) is 7.26. The van der Waals surface area contributed by atoms with E-state index in [0.29, 0.717) is 0 Å². The maximum atomic E-state index is 8.17. The van der Waals surface area contributed by atoms with E-state index in [1.165, 1.54) is 0 Å². The summed E-state index contributed by atoms with van der Waals surface area (Å²) < 4.78 is 0. The molecule has 0 aromatic carbocycles. The summed E-state index contributed by atoms with van der Waals surface area (Å²) in [5, 5.41) is 24.0. The number of aliphatic hydroxyl groups is 3. The first-order chi connectivity index (χ1) is 2.81. The van der Waals surface area contributed by atoms with Crippen LogP contribution in [0.1, 0.15) is 0 Å². The standard InChI is InChI=1S/C3H8O3.Ce/c4-1-3(6)2-5;/h3-6H,1-2H2;. The van der Waals surface area contributed by atoms with Crippen LogP contribution in [0.25, 0.3) is 0 Å². The molecule has 0 aliphatic carbocycles. The van der Waals surface area contributed by atoms with Crippen molar-refractivity contribution in [2.24, 2.45) is 0 Å². The normalized spacial score (nSPS) is 8.57. The zero-order valence-corrected chi connectivity index (χ0v) is 6.97. The fourth-order valence-electron chi connectivity index (χ4n) is 0.0577. The summed E-state index contributed by atoms with van der Waals surface area (Å²) in [5.41, 5.74) is 0. The Kier molecular flexibility index (Phi) is 11.5. The van der Waals surface area contributed by atoms with E-state index in [-0.39, 0.29) is 55.0 Å². The van der Waals surface area contributed by atoms with Crippen molar-refractivity contribution in [3.05, 3.63) is 0 Å². The van der Waals surface area contributed by atoms with Gasteiger partial charge in [-0.2, -0.15) is 0 Å². The molecule has 0 aliphatic heterocycles. The molecule has 0 heterocycles. The fraction of sp³-hybridized carbons (Fsp3) is 1.00. The Hall–Kier alpha value is 1.26. The van der Waals surface area contributed by atoms with Crippen LogP contribution in [-0.4, -0.2) is 34.6 Å². The Morgan fingerprint density at radius 1 is 1.14 bits per heavy atom. The Morgan fingerprint density at radius 2 is 1.43 bits per heavy atom. The van der Waals surface area contributed by atoms with Crippen LogP contribution in [0, 0.1) is 41.7 Å². The molecule has 0 amide bonds. The first-order valence-electron chi connectivity index (χ1n) is 1.71. The Labute approximate surface area is 75.7 Å². The summed E-state index contributed by atoms with van der Waals surface area (Å²) in [4.78, 5) is 0. The minimum absolute atomic E-state index is 0. The van der Waals surface area contributed by atoms with Gasteiger partial charge in [0.25, 0.3) is 0 Å². The third-order valence-electron chi connectivity index (χ3n) is 0.421. The van der Waals surface area contributed by atoms with Crippen molar-refractivity contribution in [2.75, 3.05) is 13.2 Å². The zero-order valence-electron chi connectivity index (χ0n) is 3.83. The molecule has 3 N–H and O–H groups in total. The van der Waals surface area contributed by atoms with Crippen LogP contribution in [0.3, 0.4) is 0 Å². The van der Waals surface area contributed by atoms with Gasteiger partial charge in [0.2, 0.25) is 0 Å². The minimum Gasteiger partial charge on any atom is -0.394 e. The summed E-state index contributed by atoms with van der Waals surface area (Å²) in [5.74, 6) is 0. The molecule has 0 saturated heterocycles. The second-order valence-electron chi connectivity index (χ2n) is 1.02. The summed E-state index contributed by atoms with van der Waals surface area (Å²) in [6.45, 7) is -0.729. The predicted octanol–water partition coefficient (Wildman–Crippen LogP) is -1.67. The largest absolute Gasteiger partial charge is 0.394 e. The molecule has 0 saturated carbocycles. The number of rotatable bonds is 2. The topological polar surface area (TPSA) is 60.7 Å². The Morgan fingerprint density at radius 3 is 1.43 bits per heavy atom. The van der Waals surface area contributed by atoms with Crippen molar-refractivity contribution in [2.45, 2.75) is 6.10 Å². The molecular weight excluding hydrogens is 224 g/mol. The van der Waals surface area contributed by atoms with E-state index in [9.17, 15) is 0 Å². The molecule has 0 aliphatic rings. The van der Waals surface area contributed by atoms with Crippen molar-refractivity contribution in [3.8, 4) is 0 Å². The molecule has 42 valence electrons. The van der Waals surface area contributed by atoms with Gasteiger partial charge in [-0.15, -0.1) is 0 Å². The monoisotopic (exact) mass is 232 g/mol. The molecule has 7 heavy (non-hydrogen) atoms. The van der Waals surface area contributed by atoms with E-state index >= 15 is 0 Å². The summed E-state index contributed by atoms with van der Waals surface area (Å²) >= 11 is 0. The number of hydrogen-bond donors (Lipinski definition) is 3. The van der Waals surface area contributed by atoms with Crippen molar-refractivity contribution in [1.29, 1.82) is 0 Å². The van der Waals surface area contributed by atoms with E-state index in [4.69, 9.17) is 15.3 Å². The fourth-order valence-corrected chi connectivity index (χ4v) is 0.0577. The second-order valence-corrected chi connectivity index (χ2v) is 1.02. The van der Waals surface area contributed by atoms with Crippen LogP contribution in [0.5, 0.6) is 0 Å². The molecule has 0 radical (unpaired) electrons. The maximum Gasteiger partial charge on any atom is 0.100 e. The van der Waals surface area contributed by atoms with Gasteiger partial charge in [-0.05, 0) is 0 Å². The average molecular weight is 232 g/mol. The average Bonchev–Trinajstić information content (AvgIpc) is 1.65. The van der Waals surface area contributed by atoms with E-state index in [0.717, 1.165) is 0 Å². The summed E-state index contributed by atoms with van der Waals surface area (Å²) in [6, 6.07) is 0. The van der Waals surface area contributed by atoms with Gasteiger partial charge in [-0.3, -0.25) is 0 Å². The third-order valence-corrected chi connectivity index (χ3v) is 0.421. The number of aliphatic hydroxyl groups excluding tert-OH is 3. The maximum absolute atomic E-state index is 8.17. The predicted molar refractivity (Wildman–Crippen MR) is 20.2 cm³/mol. The van der Waals surface area contributed by atoms with E-state index in [1.807, 2.05) is 0 Å². The third kappa shape index (κ3) is 7.26. The van der Waals surface area contributed by atoms with Crippen LogP contribution in [0.2, 0.25) is 0 Å². The summed E-state index contributed by atoms with van der Waals surface area (Å²) in [6.07, 6.45) is -0.954. The Bertz CT molecular complexity index is 29.4. The first kappa shape index (κ1) is 11.1. The van der Waals surface area contributed by atoms with Gasteiger partial charge < -0.3 is 15.3 Å². The van der Waals surface area contributed by atoms with Crippen molar-refractivity contribution in [3.63, 3.8) is 0 Å². The van der Waals surface area contributed by atoms with Crippen molar-refractivity contribution in [1.82, 2.24) is 0 Å². The van der Waals surface area contributed by atoms with Gasteiger partial charge in [0.1, 0.15) is 6.10 Å². The smallest absolute Gasteiger partial charge is 0.100 e.